The van der Waals surface area contributed by atoms with Crippen LogP contribution in [0.15, 0.2) is 46.4 Å². The van der Waals surface area contributed by atoms with Gasteiger partial charge < -0.3 is 14.5 Å². The van der Waals surface area contributed by atoms with Crippen molar-refractivity contribution in [3.05, 3.63) is 73.8 Å². The Kier molecular flexibility index (Phi) is 7.05. The first kappa shape index (κ1) is 23.4. The van der Waals surface area contributed by atoms with Gasteiger partial charge in [-0.15, -0.1) is 11.3 Å². The summed E-state index contributed by atoms with van der Waals surface area (Å²) in [5, 5.41) is 23.4. The van der Waals surface area contributed by atoms with E-state index in [2.05, 4.69) is 5.32 Å². The van der Waals surface area contributed by atoms with E-state index in [-0.39, 0.29) is 29.2 Å². The molecule has 0 aliphatic rings. The third-order valence-corrected chi connectivity index (χ3v) is 5.83. The van der Waals surface area contributed by atoms with Crippen molar-refractivity contribution in [3.63, 3.8) is 0 Å². The summed E-state index contributed by atoms with van der Waals surface area (Å²) >= 11 is 1.21. The number of nitro benzene ring substituents is 1. The minimum Gasteiger partial charge on any atom is -0.462 e. The molecular formula is C23H19N3O6S. The van der Waals surface area contributed by atoms with Gasteiger partial charge in [-0.25, -0.2) is 4.79 Å². The summed E-state index contributed by atoms with van der Waals surface area (Å²) in [7, 11) is 0. The van der Waals surface area contributed by atoms with Crippen molar-refractivity contribution in [1.29, 1.82) is 5.26 Å². The SMILES string of the molecule is CCOC(=O)c1c(NC(=O)/C(C#N)=C\c2ccc(-c3cccc([N+](=O)[O-])c3)o2)sc(C)c1C. The number of esters is 1. The van der Waals surface area contributed by atoms with Gasteiger partial charge in [0.15, 0.2) is 0 Å². The summed E-state index contributed by atoms with van der Waals surface area (Å²) in [5.41, 5.74) is 1.11. The van der Waals surface area contributed by atoms with E-state index in [0.29, 0.717) is 21.9 Å². The summed E-state index contributed by atoms with van der Waals surface area (Å²) < 4.78 is 10.7. The number of nitrogens with one attached hydrogen (secondary N) is 1. The number of hydrogen-bond acceptors (Lipinski definition) is 8. The monoisotopic (exact) mass is 465 g/mol. The molecule has 0 unspecified atom stereocenters. The second kappa shape index (κ2) is 9.93. The van der Waals surface area contributed by atoms with Crippen molar-refractivity contribution in [2.45, 2.75) is 20.8 Å². The first-order valence-electron chi connectivity index (χ1n) is 9.80. The van der Waals surface area contributed by atoms with Gasteiger partial charge in [-0.3, -0.25) is 14.9 Å². The molecule has 1 amide bonds. The summed E-state index contributed by atoms with van der Waals surface area (Å²) in [4.78, 5) is 36.4. The molecule has 0 aliphatic carbocycles. The maximum Gasteiger partial charge on any atom is 0.341 e. The maximum atomic E-state index is 12.7. The number of nitrogens with zero attached hydrogens (tertiary/aromatic N) is 2. The molecule has 3 aromatic rings. The number of thiophene rings is 1. The zero-order valence-corrected chi connectivity index (χ0v) is 18.8. The van der Waals surface area contributed by atoms with Crippen molar-refractivity contribution in [3.8, 4) is 17.4 Å². The molecule has 33 heavy (non-hydrogen) atoms. The number of aryl methyl sites for hydroxylation is 1. The van der Waals surface area contributed by atoms with E-state index in [4.69, 9.17) is 9.15 Å². The third-order valence-electron chi connectivity index (χ3n) is 4.71. The largest absolute Gasteiger partial charge is 0.462 e. The smallest absolute Gasteiger partial charge is 0.341 e. The molecule has 0 fully saturated rings. The van der Waals surface area contributed by atoms with Crippen molar-refractivity contribution in [2.75, 3.05) is 11.9 Å². The molecule has 1 N–H and O–H groups in total. The standard InChI is InChI=1S/C23H19N3O6S/c1-4-31-23(28)20-13(2)14(3)33-22(20)25-21(27)16(12-24)11-18-8-9-19(32-18)15-6-5-7-17(10-15)26(29)30/h5-11H,4H2,1-3H3,(H,25,27)/b16-11-. The molecule has 0 saturated heterocycles. The Hall–Kier alpha value is -4.23. The van der Waals surface area contributed by atoms with Crippen LogP contribution >= 0.6 is 11.3 Å². The lowest BCUT2D eigenvalue weighted by Crippen LogP contribution is -2.16. The normalized spacial score (nSPS) is 11.0. The van der Waals surface area contributed by atoms with Crippen LogP contribution in [-0.4, -0.2) is 23.4 Å². The highest BCUT2D eigenvalue weighted by molar-refractivity contribution is 7.16. The van der Waals surface area contributed by atoms with Gasteiger partial charge in [0.25, 0.3) is 11.6 Å². The van der Waals surface area contributed by atoms with E-state index in [1.165, 1.54) is 35.6 Å². The number of ether oxygens (including phenoxy) is 1. The maximum absolute atomic E-state index is 12.7. The van der Waals surface area contributed by atoms with Crippen molar-refractivity contribution in [1.82, 2.24) is 0 Å². The van der Waals surface area contributed by atoms with Gasteiger partial charge in [-0.2, -0.15) is 5.26 Å². The fraction of sp³-hybridized carbons (Fsp3) is 0.174. The summed E-state index contributed by atoms with van der Waals surface area (Å²) in [6.07, 6.45) is 1.26. The molecule has 0 radical (unpaired) electrons. The van der Waals surface area contributed by atoms with Gasteiger partial charge >= 0.3 is 5.97 Å². The Bertz CT molecular complexity index is 1310. The van der Waals surface area contributed by atoms with Crippen LogP contribution in [0.25, 0.3) is 17.4 Å². The zero-order chi connectivity index (χ0) is 24.1. The third kappa shape index (κ3) is 5.16. The van der Waals surface area contributed by atoms with Crippen LogP contribution in [0.4, 0.5) is 10.7 Å². The predicted octanol–water partition coefficient (Wildman–Crippen LogP) is 5.26. The van der Waals surface area contributed by atoms with E-state index < -0.39 is 16.8 Å². The second-order valence-electron chi connectivity index (χ2n) is 6.84. The Morgan fingerprint density at radius 1 is 1.30 bits per heavy atom. The van der Waals surface area contributed by atoms with Gasteiger partial charge in [0, 0.05) is 28.6 Å². The Morgan fingerprint density at radius 2 is 2.06 bits per heavy atom. The summed E-state index contributed by atoms with van der Waals surface area (Å²) in [6.45, 7) is 5.45. The highest BCUT2D eigenvalue weighted by Crippen LogP contribution is 2.33. The first-order valence-corrected chi connectivity index (χ1v) is 10.6. The van der Waals surface area contributed by atoms with Crippen LogP contribution in [-0.2, 0) is 9.53 Å². The highest BCUT2D eigenvalue weighted by Gasteiger charge is 2.23. The molecule has 10 heteroatoms. The predicted molar refractivity (Wildman–Crippen MR) is 123 cm³/mol. The number of non-ortho nitro benzene ring substituents is 1. The number of hydrogen-bond donors (Lipinski definition) is 1. The molecule has 2 aromatic heterocycles. The Labute approximate surface area is 193 Å². The molecule has 1 aromatic carbocycles. The van der Waals surface area contributed by atoms with Crippen molar-refractivity contribution in [2.24, 2.45) is 0 Å². The molecular weight excluding hydrogens is 446 g/mol. The average Bonchev–Trinajstić information content (AvgIpc) is 3.36. The molecule has 2 heterocycles. The molecule has 0 aliphatic heterocycles. The number of furan rings is 1. The number of amides is 1. The molecule has 0 atom stereocenters. The Morgan fingerprint density at radius 3 is 2.73 bits per heavy atom. The van der Waals surface area contributed by atoms with Gasteiger partial charge in [-0.05, 0) is 38.5 Å². The van der Waals surface area contributed by atoms with E-state index >= 15 is 0 Å². The second-order valence-corrected chi connectivity index (χ2v) is 8.07. The minimum absolute atomic E-state index is 0.0861. The number of carbonyl (C=O) groups excluding carboxylic acids is 2. The van der Waals surface area contributed by atoms with Gasteiger partial charge in [0.2, 0.25) is 0 Å². The highest BCUT2D eigenvalue weighted by atomic mass is 32.1. The molecule has 0 saturated carbocycles. The Balaban J connectivity index is 1.86. The van der Waals surface area contributed by atoms with Gasteiger partial charge in [-0.1, -0.05) is 12.1 Å². The lowest BCUT2D eigenvalue weighted by molar-refractivity contribution is -0.384. The molecule has 168 valence electrons. The number of anilines is 1. The minimum atomic E-state index is -0.711. The van der Waals surface area contributed by atoms with E-state index in [9.17, 15) is 25.0 Å². The number of nitro groups is 1. The van der Waals surface area contributed by atoms with Crippen LogP contribution in [0.5, 0.6) is 0 Å². The summed E-state index contributed by atoms with van der Waals surface area (Å²) in [5.74, 6) is -0.702. The number of benzene rings is 1. The van der Waals surface area contributed by atoms with Gasteiger partial charge in [0.05, 0.1) is 17.1 Å². The molecule has 0 bridgehead atoms. The van der Waals surface area contributed by atoms with Crippen LogP contribution in [0.3, 0.4) is 0 Å². The van der Waals surface area contributed by atoms with Crippen LogP contribution in [0.1, 0.15) is 33.5 Å². The average molecular weight is 465 g/mol. The zero-order valence-electron chi connectivity index (χ0n) is 18.0. The lowest BCUT2D eigenvalue weighted by Gasteiger charge is -2.06. The van der Waals surface area contributed by atoms with Crippen LogP contribution in [0, 0.1) is 35.3 Å². The van der Waals surface area contributed by atoms with E-state index in [0.717, 1.165) is 4.88 Å². The van der Waals surface area contributed by atoms with Crippen LogP contribution in [0.2, 0.25) is 0 Å². The number of nitriles is 1. The fourth-order valence-electron chi connectivity index (χ4n) is 2.98. The first-order chi connectivity index (χ1) is 15.7. The number of rotatable bonds is 7. The van der Waals surface area contributed by atoms with Crippen LogP contribution < -0.4 is 5.32 Å². The molecule has 0 spiro atoms. The lowest BCUT2D eigenvalue weighted by atomic mass is 10.1. The summed E-state index contributed by atoms with van der Waals surface area (Å²) in [6, 6.07) is 10.9. The number of carbonyl (C=O) groups is 2. The molecule has 3 rings (SSSR count). The quantitative estimate of drug-likeness (QED) is 0.165. The molecule has 9 nitrogen and oxygen atoms in total. The van der Waals surface area contributed by atoms with Gasteiger partial charge in [0.1, 0.15) is 28.2 Å². The fourth-order valence-corrected chi connectivity index (χ4v) is 4.03. The van der Waals surface area contributed by atoms with Crippen molar-refractivity contribution >= 4 is 40.0 Å². The van der Waals surface area contributed by atoms with E-state index in [1.807, 2.05) is 13.0 Å². The van der Waals surface area contributed by atoms with Crippen molar-refractivity contribution < 1.29 is 23.7 Å². The van der Waals surface area contributed by atoms with E-state index in [1.54, 1.807) is 32.0 Å². The topological polar surface area (TPSA) is 135 Å².